The van der Waals surface area contributed by atoms with Crippen LogP contribution in [0.25, 0.3) is 6.08 Å². The predicted octanol–water partition coefficient (Wildman–Crippen LogP) is 5.93. The number of fused-ring (bicyclic) bond motifs is 1. The van der Waals surface area contributed by atoms with Crippen molar-refractivity contribution < 1.29 is 32.9 Å². The highest BCUT2D eigenvalue weighted by Gasteiger charge is 2.34. The van der Waals surface area contributed by atoms with E-state index in [0.29, 0.717) is 58.3 Å². The average molecular weight is 773 g/mol. The summed E-state index contributed by atoms with van der Waals surface area (Å²) in [6, 6.07) is 14.5. The van der Waals surface area contributed by atoms with Crippen LogP contribution in [0, 0.1) is 9.39 Å². The summed E-state index contributed by atoms with van der Waals surface area (Å²) in [6.07, 6.45) is 1.66. The first-order valence-electron chi connectivity index (χ1n) is 14.8. The van der Waals surface area contributed by atoms with Gasteiger partial charge in [-0.2, -0.15) is 0 Å². The largest absolute Gasteiger partial charge is 0.493 e. The maximum Gasteiger partial charge on any atom is 0.338 e. The minimum Gasteiger partial charge on any atom is -0.493 e. The van der Waals surface area contributed by atoms with Crippen LogP contribution in [0.4, 0.5) is 4.39 Å². The van der Waals surface area contributed by atoms with Crippen molar-refractivity contribution in [3.05, 3.63) is 112 Å². The van der Waals surface area contributed by atoms with Gasteiger partial charge in [0.05, 0.1) is 52.3 Å². The Balaban J connectivity index is 1.60. The van der Waals surface area contributed by atoms with Gasteiger partial charge in [0.25, 0.3) is 5.56 Å². The summed E-state index contributed by atoms with van der Waals surface area (Å²) in [5, 5.41) is 0. The molecular formula is C35H34FIN2O7S. The fourth-order valence-corrected chi connectivity index (χ4v) is 7.02. The zero-order valence-electron chi connectivity index (χ0n) is 26.8. The molecule has 0 saturated carbocycles. The number of esters is 1. The van der Waals surface area contributed by atoms with E-state index >= 15 is 0 Å². The van der Waals surface area contributed by atoms with Crippen LogP contribution in [0.2, 0.25) is 0 Å². The maximum absolute atomic E-state index is 14.2. The van der Waals surface area contributed by atoms with Crippen LogP contribution in [0.15, 0.2) is 75.7 Å². The Bertz CT molecular complexity index is 2040. The summed E-state index contributed by atoms with van der Waals surface area (Å²) in [5.74, 6) is 0.994. The van der Waals surface area contributed by atoms with Crippen LogP contribution in [0.3, 0.4) is 0 Å². The number of methoxy groups -OCH3 is 2. The Morgan fingerprint density at radius 1 is 1.09 bits per heavy atom. The van der Waals surface area contributed by atoms with Gasteiger partial charge >= 0.3 is 5.97 Å². The fraction of sp³-hybridized carbons (Fsp3) is 0.286. The monoisotopic (exact) mass is 772 g/mol. The zero-order valence-corrected chi connectivity index (χ0v) is 29.7. The van der Waals surface area contributed by atoms with Crippen molar-refractivity contribution in [3.63, 3.8) is 0 Å². The molecule has 0 spiro atoms. The van der Waals surface area contributed by atoms with Crippen molar-refractivity contribution in [2.75, 3.05) is 20.8 Å². The Morgan fingerprint density at radius 3 is 2.51 bits per heavy atom. The number of hydrogen-bond donors (Lipinski definition) is 0. The van der Waals surface area contributed by atoms with Gasteiger partial charge in [-0.25, -0.2) is 14.2 Å². The maximum atomic E-state index is 14.2. The molecule has 0 unspecified atom stereocenters. The van der Waals surface area contributed by atoms with Gasteiger partial charge in [-0.05, 0) is 97.8 Å². The molecule has 0 N–H and O–H groups in total. The SMILES string of the molecule is CCOC(=O)C1=C(C)N=c2s/c(=C\c3cc(I)c(OCc4ccccc4F)c(OC)c3)c(=O)n2[C@@H]1c1ccc(OC(C)C)c(OC)c1. The van der Waals surface area contributed by atoms with Crippen molar-refractivity contribution >= 4 is 46.0 Å². The molecule has 246 valence electrons. The molecule has 0 bridgehead atoms. The molecule has 9 nitrogen and oxygen atoms in total. The van der Waals surface area contributed by atoms with Crippen LogP contribution in [-0.4, -0.2) is 37.5 Å². The number of halogens is 2. The highest BCUT2D eigenvalue weighted by Crippen LogP contribution is 2.37. The third-order valence-electron chi connectivity index (χ3n) is 7.26. The highest BCUT2D eigenvalue weighted by molar-refractivity contribution is 14.1. The van der Waals surface area contributed by atoms with Crippen molar-refractivity contribution in [2.24, 2.45) is 4.99 Å². The number of aromatic nitrogens is 1. The lowest BCUT2D eigenvalue weighted by Gasteiger charge is -2.25. The molecule has 1 aliphatic heterocycles. The Labute approximate surface area is 289 Å². The molecule has 47 heavy (non-hydrogen) atoms. The third-order valence-corrected chi connectivity index (χ3v) is 9.05. The van der Waals surface area contributed by atoms with Crippen LogP contribution in [0.1, 0.15) is 50.4 Å². The number of thiazole rings is 1. The molecule has 0 radical (unpaired) electrons. The van der Waals surface area contributed by atoms with E-state index in [-0.39, 0.29) is 36.3 Å². The van der Waals surface area contributed by atoms with Gasteiger partial charge in [0.15, 0.2) is 27.8 Å². The fourth-order valence-electron chi connectivity index (χ4n) is 5.19. The minimum absolute atomic E-state index is 0.0223. The van der Waals surface area contributed by atoms with Gasteiger partial charge in [-0.3, -0.25) is 9.36 Å². The molecule has 0 amide bonds. The van der Waals surface area contributed by atoms with Crippen molar-refractivity contribution in [1.82, 2.24) is 4.57 Å². The quantitative estimate of drug-likeness (QED) is 0.138. The molecule has 3 aromatic carbocycles. The normalized spacial score (nSPS) is 14.5. The van der Waals surface area contributed by atoms with Crippen LogP contribution in [-0.2, 0) is 16.1 Å². The first-order valence-corrected chi connectivity index (χ1v) is 16.7. The average Bonchev–Trinajstić information content (AvgIpc) is 3.33. The predicted molar refractivity (Wildman–Crippen MR) is 186 cm³/mol. The lowest BCUT2D eigenvalue weighted by Crippen LogP contribution is -2.40. The standard InChI is InChI=1S/C35H34FIN2O7S/c1-7-44-34(41)30-20(4)38-35-39(31(30)22-12-13-26(46-19(2)3)27(17-22)42-5)33(40)29(47-35)16-21-14-25(37)32(28(15-21)43-6)45-18-23-10-8-9-11-24(23)36/h8-17,19,31H,7,18H2,1-6H3/b29-16-/t31-/m1/s1. The van der Waals surface area contributed by atoms with Gasteiger partial charge in [-0.1, -0.05) is 35.6 Å². The van der Waals surface area contributed by atoms with E-state index in [2.05, 4.69) is 27.6 Å². The Morgan fingerprint density at radius 2 is 1.83 bits per heavy atom. The molecule has 1 atom stereocenters. The van der Waals surface area contributed by atoms with E-state index < -0.39 is 12.0 Å². The smallest absolute Gasteiger partial charge is 0.338 e. The summed E-state index contributed by atoms with van der Waals surface area (Å²) in [7, 11) is 3.06. The molecule has 0 fully saturated rings. The number of allylic oxidation sites excluding steroid dienone is 1. The summed E-state index contributed by atoms with van der Waals surface area (Å²) in [5.41, 5.74) is 2.12. The van der Waals surface area contributed by atoms with Crippen molar-refractivity contribution in [2.45, 2.75) is 46.4 Å². The number of benzene rings is 3. The van der Waals surface area contributed by atoms with E-state index in [1.54, 1.807) is 56.3 Å². The first kappa shape index (κ1) is 34.2. The van der Waals surface area contributed by atoms with Gasteiger partial charge in [-0.15, -0.1) is 0 Å². The summed E-state index contributed by atoms with van der Waals surface area (Å²) < 4.78 is 45.4. The molecule has 5 rings (SSSR count). The van der Waals surface area contributed by atoms with Crippen LogP contribution in [0.5, 0.6) is 23.0 Å². The first-order chi connectivity index (χ1) is 22.6. The third kappa shape index (κ3) is 7.23. The topological polar surface area (TPSA) is 97.6 Å². The molecule has 4 aromatic rings. The van der Waals surface area contributed by atoms with E-state index in [0.717, 1.165) is 0 Å². The lowest BCUT2D eigenvalue weighted by molar-refractivity contribution is -0.139. The Kier molecular flexibility index (Phi) is 10.7. The number of ether oxygens (including phenoxy) is 5. The van der Waals surface area contributed by atoms with Gasteiger partial charge in [0.1, 0.15) is 12.4 Å². The van der Waals surface area contributed by atoms with E-state index in [1.807, 2.05) is 26.0 Å². The second-order valence-corrected chi connectivity index (χ2v) is 13.0. The van der Waals surface area contributed by atoms with E-state index in [9.17, 15) is 14.0 Å². The molecule has 2 heterocycles. The molecule has 1 aliphatic rings. The summed E-state index contributed by atoms with van der Waals surface area (Å²) in [6.45, 7) is 7.48. The van der Waals surface area contributed by atoms with Gasteiger partial charge < -0.3 is 23.7 Å². The number of nitrogens with zero attached hydrogens (tertiary/aromatic N) is 2. The second-order valence-electron chi connectivity index (χ2n) is 10.8. The Hall–Kier alpha value is -4.17. The van der Waals surface area contributed by atoms with Crippen LogP contribution >= 0.6 is 33.9 Å². The highest BCUT2D eigenvalue weighted by atomic mass is 127. The number of carbonyl (C=O) groups is 1. The van der Waals surface area contributed by atoms with Gasteiger partial charge in [0, 0.05) is 5.56 Å². The van der Waals surface area contributed by atoms with Crippen molar-refractivity contribution in [1.29, 1.82) is 0 Å². The molecule has 12 heteroatoms. The second kappa shape index (κ2) is 14.7. The molecule has 1 aromatic heterocycles. The molecule has 0 saturated heterocycles. The van der Waals surface area contributed by atoms with E-state index in [1.165, 1.54) is 36.2 Å². The van der Waals surface area contributed by atoms with Crippen LogP contribution < -0.4 is 33.8 Å². The molecular weight excluding hydrogens is 738 g/mol. The zero-order chi connectivity index (χ0) is 33.8. The minimum atomic E-state index is -0.821. The summed E-state index contributed by atoms with van der Waals surface area (Å²) >= 11 is 3.33. The van der Waals surface area contributed by atoms with Crippen molar-refractivity contribution in [3.8, 4) is 23.0 Å². The van der Waals surface area contributed by atoms with E-state index in [4.69, 9.17) is 23.7 Å². The number of carbonyl (C=O) groups excluding carboxylic acids is 1. The van der Waals surface area contributed by atoms with Gasteiger partial charge in [0.2, 0.25) is 0 Å². The number of hydrogen-bond acceptors (Lipinski definition) is 9. The summed E-state index contributed by atoms with van der Waals surface area (Å²) in [4.78, 5) is 32.6. The lowest BCUT2D eigenvalue weighted by atomic mass is 9.95. The number of rotatable bonds is 11. The molecule has 0 aliphatic carbocycles.